The minimum atomic E-state index is -0.798. The molecular weight excluding hydrogens is 284 g/mol. The fourth-order valence-electron chi connectivity index (χ4n) is 2.07. The monoisotopic (exact) mass is 298 g/mol. The summed E-state index contributed by atoms with van der Waals surface area (Å²) in [4.78, 5) is 23.2. The smallest absolute Gasteiger partial charge is 0.347 e. The van der Waals surface area contributed by atoms with Gasteiger partial charge in [-0.05, 0) is 36.4 Å². The third-order valence-corrected chi connectivity index (χ3v) is 3.21. The molecule has 3 rings (SSSR count). The summed E-state index contributed by atoms with van der Waals surface area (Å²) >= 11 is 0. The molecule has 1 atom stereocenters. The van der Waals surface area contributed by atoms with Gasteiger partial charge in [-0.1, -0.05) is 18.2 Å². The highest BCUT2D eigenvalue weighted by Gasteiger charge is 2.30. The van der Waals surface area contributed by atoms with Crippen LogP contribution in [0.15, 0.2) is 54.6 Å². The first kappa shape index (κ1) is 14.1. The van der Waals surface area contributed by atoms with Crippen molar-refractivity contribution in [2.45, 2.75) is 12.5 Å². The molecule has 22 heavy (non-hydrogen) atoms. The average Bonchev–Trinajstić information content (AvgIpc) is 2.94. The normalized spacial score (nSPS) is 16.9. The first-order valence-corrected chi connectivity index (χ1v) is 6.93. The van der Waals surface area contributed by atoms with Gasteiger partial charge in [0, 0.05) is 6.42 Å². The molecule has 0 spiro atoms. The molecule has 1 aliphatic rings. The Kier molecular flexibility index (Phi) is 4.05. The van der Waals surface area contributed by atoms with Crippen LogP contribution in [0.25, 0.3) is 0 Å². The van der Waals surface area contributed by atoms with E-state index >= 15 is 0 Å². The van der Waals surface area contributed by atoms with Gasteiger partial charge < -0.3 is 14.2 Å². The highest BCUT2D eigenvalue weighted by molar-refractivity contribution is 5.91. The predicted octanol–water partition coefficient (Wildman–Crippen LogP) is 2.95. The van der Waals surface area contributed by atoms with Crippen LogP contribution < -0.4 is 4.74 Å². The molecule has 0 bridgehead atoms. The van der Waals surface area contributed by atoms with Crippen molar-refractivity contribution < 1.29 is 23.8 Å². The van der Waals surface area contributed by atoms with Crippen LogP contribution in [0.4, 0.5) is 0 Å². The van der Waals surface area contributed by atoms with Crippen LogP contribution in [-0.2, 0) is 14.3 Å². The number of hydrogen-bond donors (Lipinski definition) is 0. The van der Waals surface area contributed by atoms with Crippen LogP contribution in [0.3, 0.4) is 0 Å². The Labute approximate surface area is 127 Å². The van der Waals surface area contributed by atoms with Crippen molar-refractivity contribution in [3.63, 3.8) is 0 Å². The Balaban J connectivity index is 1.63. The number of para-hydroxylation sites is 1. The van der Waals surface area contributed by atoms with Crippen LogP contribution in [0.2, 0.25) is 0 Å². The first-order valence-electron chi connectivity index (χ1n) is 6.93. The summed E-state index contributed by atoms with van der Waals surface area (Å²) < 4.78 is 15.5. The van der Waals surface area contributed by atoms with Crippen LogP contribution in [0.5, 0.6) is 11.5 Å². The van der Waals surface area contributed by atoms with Crippen molar-refractivity contribution in [1.82, 2.24) is 0 Å². The lowest BCUT2D eigenvalue weighted by molar-refractivity contribution is -0.145. The molecule has 0 amide bonds. The number of ether oxygens (including phenoxy) is 3. The van der Waals surface area contributed by atoms with E-state index in [4.69, 9.17) is 14.2 Å². The predicted molar refractivity (Wildman–Crippen MR) is 77.7 cm³/mol. The summed E-state index contributed by atoms with van der Waals surface area (Å²) in [7, 11) is 0. The first-order chi connectivity index (χ1) is 10.7. The van der Waals surface area contributed by atoms with E-state index in [-0.39, 0.29) is 0 Å². The number of carbonyl (C=O) groups is 2. The zero-order valence-electron chi connectivity index (χ0n) is 11.7. The van der Waals surface area contributed by atoms with Crippen molar-refractivity contribution in [2.75, 3.05) is 6.61 Å². The second kappa shape index (κ2) is 6.30. The lowest BCUT2D eigenvalue weighted by atomic mass is 10.2. The minimum absolute atomic E-state index is 0.292. The maximum absolute atomic E-state index is 11.9. The van der Waals surface area contributed by atoms with Gasteiger partial charge >= 0.3 is 11.9 Å². The largest absolute Gasteiger partial charge is 0.463 e. The van der Waals surface area contributed by atoms with E-state index in [0.29, 0.717) is 30.1 Å². The Hall–Kier alpha value is -2.82. The van der Waals surface area contributed by atoms with Crippen LogP contribution in [-0.4, -0.2) is 24.6 Å². The fourth-order valence-corrected chi connectivity index (χ4v) is 2.07. The van der Waals surface area contributed by atoms with Crippen molar-refractivity contribution in [1.29, 1.82) is 0 Å². The van der Waals surface area contributed by atoms with Crippen LogP contribution >= 0.6 is 0 Å². The molecule has 0 radical (unpaired) electrons. The van der Waals surface area contributed by atoms with Crippen molar-refractivity contribution in [3.8, 4) is 11.5 Å². The van der Waals surface area contributed by atoms with E-state index in [0.717, 1.165) is 0 Å². The second-order valence-electron chi connectivity index (χ2n) is 4.79. The molecule has 1 unspecified atom stereocenters. The Morgan fingerprint density at radius 1 is 1.00 bits per heavy atom. The Morgan fingerprint density at radius 2 is 1.68 bits per heavy atom. The van der Waals surface area contributed by atoms with E-state index in [9.17, 15) is 9.59 Å². The van der Waals surface area contributed by atoms with Gasteiger partial charge in [-0.2, -0.15) is 0 Å². The number of cyclic esters (lactones) is 1. The van der Waals surface area contributed by atoms with Crippen molar-refractivity contribution >= 4 is 11.9 Å². The molecule has 5 nitrogen and oxygen atoms in total. The number of benzene rings is 2. The molecular formula is C17H14O5. The molecule has 1 saturated heterocycles. The standard InChI is InChI=1S/C17H14O5/c18-16(22-15-10-11-20-17(15)19)12-6-8-14(9-7-12)21-13-4-2-1-3-5-13/h1-9,15H,10-11H2. The van der Waals surface area contributed by atoms with Gasteiger partial charge in [-0.15, -0.1) is 0 Å². The molecule has 0 saturated carbocycles. The summed E-state index contributed by atoms with van der Waals surface area (Å²) in [6, 6.07) is 15.9. The number of carbonyl (C=O) groups excluding carboxylic acids is 2. The number of rotatable bonds is 4. The molecule has 5 heteroatoms. The summed E-state index contributed by atoms with van der Waals surface area (Å²) in [6.45, 7) is 0.292. The van der Waals surface area contributed by atoms with E-state index in [2.05, 4.69) is 0 Å². The fraction of sp³-hybridized carbons (Fsp3) is 0.176. The Morgan fingerprint density at radius 3 is 2.32 bits per heavy atom. The third-order valence-electron chi connectivity index (χ3n) is 3.21. The zero-order chi connectivity index (χ0) is 15.4. The Bertz CT molecular complexity index is 663. The van der Waals surface area contributed by atoms with Crippen molar-refractivity contribution in [3.05, 3.63) is 60.2 Å². The van der Waals surface area contributed by atoms with Crippen molar-refractivity contribution in [2.24, 2.45) is 0 Å². The van der Waals surface area contributed by atoms with E-state index in [1.165, 1.54) is 0 Å². The SMILES string of the molecule is O=C(OC1CCOC1=O)c1ccc(Oc2ccccc2)cc1. The maximum atomic E-state index is 11.9. The molecule has 2 aromatic carbocycles. The highest BCUT2D eigenvalue weighted by Crippen LogP contribution is 2.22. The van der Waals surface area contributed by atoms with Gasteiger partial charge in [0.2, 0.25) is 6.10 Å². The van der Waals surface area contributed by atoms with Crippen LogP contribution in [0, 0.1) is 0 Å². The van der Waals surface area contributed by atoms with E-state index in [1.54, 1.807) is 24.3 Å². The van der Waals surface area contributed by atoms with E-state index in [1.807, 2.05) is 30.3 Å². The highest BCUT2D eigenvalue weighted by atomic mass is 16.6. The van der Waals surface area contributed by atoms with Gasteiger partial charge in [-0.3, -0.25) is 0 Å². The third kappa shape index (κ3) is 3.25. The average molecular weight is 298 g/mol. The molecule has 0 N–H and O–H groups in total. The zero-order valence-corrected chi connectivity index (χ0v) is 11.7. The lowest BCUT2D eigenvalue weighted by Crippen LogP contribution is -2.22. The molecule has 2 aromatic rings. The summed E-state index contributed by atoms with van der Waals surface area (Å²) in [6.07, 6.45) is -0.396. The quantitative estimate of drug-likeness (QED) is 0.812. The molecule has 1 heterocycles. The number of hydrogen-bond acceptors (Lipinski definition) is 5. The lowest BCUT2D eigenvalue weighted by Gasteiger charge is -2.09. The molecule has 0 aliphatic carbocycles. The molecule has 112 valence electrons. The topological polar surface area (TPSA) is 61.8 Å². The number of esters is 2. The molecule has 1 fully saturated rings. The van der Waals surface area contributed by atoms with Gasteiger partial charge in [0.15, 0.2) is 0 Å². The summed E-state index contributed by atoms with van der Waals surface area (Å²) in [5, 5.41) is 0. The molecule has 1 aliphatic heterocycles. The minimum Gasteiger partial charge on any atom is -0.463 e. The van der Waals surface area contributed by atoms with Crippen LogP contribution in [0.1, 0.15) is 16.8 Å². The van der Waals surface area contributed by atoms with Gasteiger partial charge in [0.1, 0.15) is 11.5 Å². The maximum Gasteiger partial charge on any atom is 0.347 e. The van der Waals surface area contributed by atoms with E-state index < -0.39 is 18.0 Å². The summed E-state index contributed by atoms with van der Waals surface area (Å²) in [5.41, 5.74) is 0.361. The summed E-state index contributed by atoms with van der Waals surface area (Å²) in [5.74, 6) is 0.294. The van der Waals surface area contributed by atoms with Gasteiger partial charge in [0.25, 0.3) is 0 Å². The molecule has 0 aromatic heterocycles. The van der Waals surface area contributed by atoms with Gasteiger partial charge in [0.05, 0.1) is 12.2 Å². The second-order valence-corrected chi connectivity index (χ2v) is 4.79. The van der Waals surface area contributed by atoms with Gasteiger partial charge in [-0.25, -0.2) is 9.59 Å².